The number of hydrogen-bond acceptors (Lipinski definition) is 8. The molecule has 11 nitrogen and oxygen atoms in total. The predicted octanol–water partition coefficient (Wildman–Crippen LogP) is 4.08. The molecule has 43 heavy (non-hydrogen) atoms. The van der Waals surface area contributed by atoms with E-state index in [2.05, 4.69) is 20.1 Å². The number of alkyl halides is 3. The molecule has 1 aromatic carbocycles. The van der Waals surface area contributed by atoms with Gasteiger partial charge in [-0.25, -0.2) is 19.6 Å². The Morgan fingerprint density at radius 1 is 1.21 bits per heavy atom. The molecular weight excluding hydrogens is 591 g/mol. The first kappa shape index (κ1) is 30.2. The predicted molar refractivity (Wildman–Crippen MR) is 150 cm³/mol. The maximum Gasteiger partial charge on any atom is 0.414 e. The molecule has 0 aliphatic carbocycles. The van der Waals surface area contributed by atoms with E-state index in [1.54, 1.807) is 18.2 Å². The summed E-state index contributed by atoms with van der Waals surface area (Å²) in [5, 5.41) is 14.5. The molecule has 1 aliphatic rings. The Labute approximate surface area is 248 Å². The molecule has 0 fully saturated rings. The van der Waals surface area contributed by atoms with Crippen molar-refractivity contribution in [2.45, 2.75) is 52.1 Å². The highest BCUT2D eigenvalue weighted by Gasteiger charge is 2.38. The van der Waals surface area contributed by atoms with Gasteiger partial charge in [-0.3, -0.25) is 14.5 Å². The lowest BCUT2D eigenvalue weighted by Crippen LogP contribution is -2.38. The fourth-order valence-electron chi connectivity index (χ4n) is 4.90. The summed E-state index contributed by atoms with van der Waals surface area (Å²) in [6.45, 7) is 3.39. The molecule has 226 valence electrons. The Kier molecular flexibility index (Phi) is 8.25. The number of pyridine rings is 1. The van der Waals surface area contributed by atoms with E-state index in [1.807, 2.05) is 13.8 Å². The van der Waals surface area contributed by atoms with Crippen molar-refractivity contribution in [3.8, 4) is 16.9 Å². The number of nitrogens with zero attached hydrogens (tertiary/aromatic N) is 6. The van der Waals surface area contributed by atoms with Gasteiger partial charge in [0.05, 0.1) is 34.7 Å². The largest absolute Gasteiger partial charge is 0.482 e. The van der Waals surface area contributed by atoms with Crippen molar-refractivity contribution in [2.75, 3.05) is 11.5 Å². The minimum Gasteiger partial charge on any atom is -0.482 e. The molecule has 0 radical (unpaired) electrons. The third-order valence-corrected chi connectivity index (χ3v) is 7.06. The number of nitrogens with two attached hydrogens (primary N) is 1. The number of hydrogen-bond donors (Lipinski definition) is 2. The summed E-state index contributed by atoms with van der Waals surface area (Å²) in [6, 6.07) is 4.99. The van der Waals surface area contributed by atoms with Crippen LogP contribution in [0.1, 0.15) is 42.1 Å². The first-order chi connectivity index (χ1) is 20.3. The van der Waals surface area contributed by atoms with Gasteiger partial charge >= 0.3 is 6.18 Å². The van der Waals surface area contributed by atoms with Crippen LogP contribution < -0.4 is 15.4 Å². The number of fused-ring (bicyclic) bond motifs is 2. The molecule has 5 rings (SSSR count). The SMILES string of the molecule is CC(C)Cc1nc2c(cnn2CCC(O)C(F)(F)F)c(-c2ccc3c(c2)OCC(=O)N3Cc2ncc(Cl)cn2)c1C(N)=O. The summed E-state index contributed by atoms with van der Waals surface area (Å²) >= 11 is 5.88. The van der Waals surface area contributed by atoms with Crippen LogP contribution in [0.2, 0.25) is 5.02 Å². The number of benzene rings is 1. The molecule has 0 bridgehead atoms. The molecule has 3 N–H and O–H groups in total. The second-order valence-corrected chi connectivity index (χ2v) is 10.9. The Balaban J connectivity index is 1.61. The maximum absolute atomic E-state index is 13.0. The van der Waals surface area contributed by atoms with Crippen molar-refractivity contribution in [1.29, 1.82) is 0 Å². The Morgan fingerprint density at radius 3 is 2.58 bits per heavy atom. The van der Waals surface area contributed by atoms with Crippen LogP contribution in [0.15, 0.2) is 36.8 Å². The van der Waals surface area contributed by atoms with Crippen molar-refractivity contribution in [3.63, 3.8) is 0 Å². The quantitative estimate of drug-likeness (QED) is 0.285. The van der Waals surface area contributed by atoms with Crippen LogP contribution in [0.25, 0.3) is 22.2 Å². The molecule has 0 spiro atoms. The maximum atomic E-state index is 13.0. The normalized spacial score (nSPS) is 14.2. The van der Waals surface area contributed by atoms with Crippen LogP contribution in [0.3, 0.4) is 0 Å². The Morgan fingerprint density at radius 2 is 1.93 bits per heavy atom. The van der Waals surface area contributed by atoms with Gasteiger partial charge in [-0.2, -0.15) is 18.3 Å². The van der Waals surface area contributed by atoms with Gasteiger partial charge in [-0.05, 0) is 30.0 Å². The summed E-state index contributed by atoms with van der Waals surface area (Å²) in [5.41, 5.74) is 7.95. The molecular formula is C28H27ClF3N7O4. The van der Waals surface area contributed by atoms with Gasteiger partial charge < -0.3 is 15.6 Å². The fraction of sp³-hybridized carbons (Fsp3) is 0.357. The van der Waals surface area contributed by atoms with Crippen LogP contribution >= 0.6 is 11.6 Å². The first-order valence-corrected chi connectivity index (χ1v) is 13.7. The molecule has 2 amide bonds. The van der Waals surface area contributed by atoms with Gasteiger partial charge in [0, 0.05) is 36.3 Å². The molecule has 4 heterocycles. The minimum absolute atomic E-state index is 0.0563. The monoisotopic (exact) mass is 617 g/mol. The van der Waals surface area contributed by atoms with Crippen LogP contribution in [0, 0.1) is 5.92 Å². The molecule has 1 aliphatic heterocycles. The molecule has 0 saturated carbocycles. The number of primary amides is 1. The van der Waals surface area contributed by atoms with E-state index in [0.717, 1.165) is 0 Å². The molecule has 4 aromatic rings. The number of aliphatic hydroxyl groups excluding tert-OH is 1. The average molecular weight is 618 g/mol. The number of anilines is 1. The lowest BCUT2D eigenvalue weighted by atomic mass is 9.92. The third-order valence-electron chi connectivity index (χ3n) is 6.87. The number of amides is 2. The number of carbonyl (C=O) groups is 2. The van der Waals surface area contributed by atoms with Crippen molar-refractivity contribution in [1.82, 2.24) is 24.7 Å². The average Bonchev–Trinajstić information content (AvgIpc) is 3.34. The van der Waals surface area contributed by atoms with E-state index in [0.29, 0.717) is 50.9 Å². The molecule has 1 atom stereocenters. The number of aliphatic hydroxyl groups is 1. The zero-order valence-electron chi connectivity index (χ0n) is 23.1. The second-order valence-electron chi connectivity index (χ2n) is 10.5. The highest BCUT2D eigenvalue weighted by molar-refractivity contribution is 6.30. The number of rotatable bonds is 9. The number of carbonyl (C=O) groups excluding carboxylic acids is 2. The van der Waals surface area contributed by atoms with Gasteiger partial charge in [-0.15, -0.1) is 0 Å². The highest BCUT2D eigenvalue weighted by Crippen LogP contribution is 2.40. The summed E-state index contributed by atoms with van der Waals surface area (Å²) in [7, 11) is 0. The highest BCUT2D eigenvalue weighted by atomic mass is 35.5. The number of ether oxygens (including phenoxy) is 1. The topological polar surface area (TPSA) is 149 Å². The van der Waals surface area contributed by atoms with Crippen LogP contribution in [0.4, 0.5) is 18.9 Å². The van der Waals surface area contributed by atoms with Gasteiger partial charge in [0.2, 0.25) is 0 Å². The minimum atomic E-state index is -4.78. The summed E-state index contributed by atoms with van der Waals surface area (Å²) in [6.07, 6.45) is -3.34. The third kappa shape index (κ3) is 6.25. The van der Waals surface area contributed by atoms with Crippen molar-refractivity contribution in [3.05, 3.63) is 58.9 Å². The lowest BCUT2D eigenvalue weighted by molar-refractivity contribution is -0.206. The Hall–Kier alpha value is -4.30. The van der Waals surface area contributed by atoms with E-state index in [1.165, 1.54) is 28.2 Å². The van der Waals surface area contributed by atoms with Gasteiger partial charge in [0.25, 0.3) is 11.8 Å². The van der Waals surface area contributed by atoms with Gasteiger partial charge in [0.1, 0.15) is 11.6 Å². The molecule has 1 unspecified atom stereocenters. The van der Waals surface area contributed by atoms with E-state index in [9.17, 15) is 27.9 Å². The summed E-state index contributed by atoms with van der Waals surface area (Å²) in [5.74, 6) is -0.290. The van der Waals surface area contributed by atoms with Crippen LogP contribution in [-0.4, -0.2) is 60.5 Å². The fourth-order valence-corrected chi connectivity index (χ4v) is 5.00. The second kappa shape index (κ2) is 11.8. The van der Waals surface area contributed by atoms with Crippen molar-refractivity contribution < 1.29 is 32.6 Å². The summed E-state index contributed by atoms with van der Waals surface area (Å²) < 4.78 is 45.9. The number of halogens is 4. The smallest absolute Gasteiger partial charge is 0.414 e. The zero-order valence-corrected chi connectivity index (χ0v) is 23.9. The van der Waals surface area contributed by atoms with E-state index in [-0.39, 0.29) is 42.7 Å². The van der Waals surface area contributed by atoms with E-state index >= 15 is 0 Å². The zero-order chi connectivity index (χ0) is 31.1. The molecule has 15 heteroatoms. The molecule has 0 saturated heterocycles. The van der Waals surface area contributed by atoms with Gasteiger partial charge in [0.15, 0.2) is 18.4 Å². The first-order valence-electron chi connectivity index (χ1n) is 13.3. The van der Waals surface area contributed by atoms with Crippen LogP contribution in [0.5, 0.6) is 5.75 Å². The van der Waals surface area contributed by atoms with E-state index < -0.39 is 24.6 Å². The van der Waals surface area contributed by atoms with Crippen molar-refractivity contribution in [2.24, 2.45) is 11.7 Å². The van der Waals surface area contributed by atoms with Crippen LogP contribution in [-0.2, 0) is 24.3 Å². The van der Waals surface area contributed by atoms with Gasteiger partial charge in [-0.1, -0.05) is 31.5 Å². The number of aromatic nitrogens is 5. The van der Waals surface area contributed by atoms with Crippen molar-refractivity contribution >= 4 is 40.1 Å². The van der Waals surface area contributed by atoms with E-state index in [4.69, 9.17) is 22.1 Å². The molecule has 3 aromatic heterocycles. The standard InChI is InChI=1S/C28H27ClF3N7O4/c1-14(2)7-18-25(26(33)42)24(17-11-36-39(27(17)37-18)6-5-21(40)28(30,31)32)15-3-4-19-20(8-15)43-13-23(41)38(19)12-22-34-9-16(29)10-35-22/h3-4,8-11,14,21,40H,5-7,12-13H2,1-2H3,(H2,33,42). The summed E-state index contributed by atoms with van der Waals surface area (Å²) in [4.78, 5) is 40.1. The Bertz CT molecular complexity index is 1690. The number of aryl methyl sites for hydroxylation is 1. The lowest BCUT2D eigenvalue weighted by Gasteiger charge is -2.29.